The minimum atomic E-state index is 0. The van der Waals surface area contributed by atoms with Gasteiger partial charge in [0.15, 0.2) is 0 Å². The van der Waals surface area contributed by atoms with E-state index in [2.05, 4.69) is 38.9 Å². The van der Waals surface area contributed by atoms with E-state index in [0.29, 0.717) is 17.7 Å². The third-order valence-corrected chi connectivity index (χ3v) is 3.21. The van der Waals surface area contributed by atoms with E-state index in [1.807, 2.05) is 12.1 Å². The van der Waals surface area contributed by atoms with Crippen LogP contribution in [0.1, 0.15) is 25.8 Å². The minimum Gasteiger partial charge on any atom is -0.508 e. The number of rotatable bonds is 5. The average Bonchev–Trinajstić information content (AvgIpc) is 2.17. The van der Waals surface area contributed by atoms with Crippen LogP contribution < -0.4 is 0 Å². The molecule has 0 saturated carbocycles. The fourth-order valence-electron chi connectivity index (χ4n) is 2.47. The van der Waals surface area contributed by atoms with Crippen molar-refractivity contribution in [3.63, 3.8) is 0 Å². The van der Waals surface area contributed by atoms with Crippen molar-refractivity contribution in [3.05, 3.63) is 29.8 Å². The van der Waals surface area contributed by atoms with Crippen molar-refractivity contribution in [2.75, 3.05) is 14.1 Å². The normalized spacial score (nSPS) is 14.2. The fraction of sp³-hybridized carbons (Fsp3) is 0.571. The number of phenolic OH excluding ortho intramolecular Hbond substituents is 1. The predicted octanol–water partition coefficient (Wildman–Crippen LogP) is 3.33. The van der Waals surface area contributed by atoms with Gasteiger partial charge in [-0.25, -0.2) is 0 Å². The van der Waals surface area contributed by atoms with Crippen molar-refractivity contribution in [2.24, 2.45) is 5.92 Å². The van der Waals surface area contributed by atoms with Crippen LogP contribution in [0.3, 0.4) is 0 Å². The van der Waals surface area contributed by atoms with E-state index < -0.39 is 0 Å². The van der Waals surface area contributed by atoms with Crippen LogP contribution in [0.25, 0.3) is 0 Å². The van der Waals surface area contributed by atoms with Crippen molar-refractivity contribution in [1.82, 2.24) is 4.90 Å². The largest absolute Gasteiger partial charge is 0.508 e. The van der Waals surface area contributed by atoms with Gasteiger partial charge in [0.2, 0.25) is 0 Å². The Morgan fingerprint density at radius 3 is 2.41 bits per heavy atom. The number of halogens is 1. The van der Waals surface area contributed by atoms with Gasteiger partial charge in [-0.2, -0.15) is 0 Å². The van der Waals surface area contributed by atoms with Crippen LogP contribution >= 0.6 is 12.4 Å². The zero-order valence-electron chi connectivity index (χ0n) is 11.2. The van der Waals surface area contributed by atoms with Gasteiger partial charge in [-0.3, -0.25) is 0 Å². The van der Waals surface area contributed by atoms with Crippen LogP contribution in [0.2, 0.25) is 0 Å². The van der Waals surface area contributed by atoms with Gasteiger partial charge in [0.05, 0.1) is 0 Å². The monoisotopic (exact) mass is 257 g/mol. The standard InChI is InChI=1S/C14H23NO.ClH/c1-5-14(15(3)4)11(2)9-12-7-6-8-13(16)10-12;/h6-8,10-11,14,16H,5,9H2,1-4H3;1H. The molecule has 0 bridgehead atoms. The summed E-state index contributed by atoms with van der Waals surface area (Å²) in [5, 5.41) is 9.42. The van der Waals surface area contributed by atoms with Crippen molar-refractivity contribution < 1.29 is 5.11 Å². The molecule has 0 aliphatic carbocycles. The van der Waals surface area contributed by atoms with Crippen molar-refractivity contribution in [2.45, 2.75) is 32.7 Å². The van der Waals surface area contributed by atoms with Crippen molar-refractivity contribution in [3.8, 4) is 5.75 Å². The van der Waals surface area contributed by atoms with Gasteiger partial charge in [0.1, 0.15) is 5.75 Å². The Bertz CT molecular complexity index is 328. The number of benzene rings is 1. The number of hydrogen-bond donors (Lipinski definition) is 1. The molecule has 0 aromatic heterocycles. The number of hydrogen-bond acceptors (Lipinski definition) is 2. The Labute approximate surface area is 111 Å². The lowest BCUT2D eigenvalue weighted by Crippen LogP contribution is -2.34. The van der Waals surface area contributed by atoms with Crippen LogP contribution in [0.4, 0.5) is 0 Å². The van der Waals surface area contributed by atoms with Gasteiger partial charge in [-0.05, 0) is 50.6 Å². The Morgan fingerprint density at radius 2 is 1.94 bits per heavy atom. The Kier molecular flexibility index (Phi) is 7.24. The van der Waals surface area contributed by atoms with E-state index in [1.165, 1.54) is 5.56 Å². The molecule has 98 valence electrons. The maximum absolute atomic E-state index is 9.42. The van der Waals surface area contributed by atoms with Crippen LogP contribution in [-0.2, 0) is 6.42 Å². The van der Waals surface area contributed by atoms with E-state index in [0.717, 1.165) is 12.8 Å². The summed E-state index contributed by atoms with van der Waals surface area (Å²) < 4.78 is 0. The van der Waals surface area contributed by atoms with E-state index in [1.54, 1.807) is 6.07 Å². The molecule has 17 heavy (non-hydrogen) atoms. The van der Waals surface area contributed by atoms with E-state index in [-0.39, 0.29) is 12.4 Å². The smallest absolute Gasteiger partial charge is 0.115 e. The maximum atomic E-state index is 9.42. The highest BCUT2D eigenvalue weighted by Gasteiger charge is 2.17. The summed E-state index contributed by atoms with van der Waals surface area (Å²) in [6, 6.07) is 8.17. The van der Waals surface area contributed by atoms with Gasteiger partial charge in [-0.15, -0.1) is 12.4 Å². The molecule has 0 saturated heterocycles. The predicted molar refractivity (Wildman–Crippen MR) is 76.0 cm³/mol. The Hall–Kier alpha value is -0.730. The molecule has 1 aromatic carbocycles. The van der Waals surface area contributed by atoms with Gasteiger partial charge in [-0.1, -0.05) is 26.0 Å². The molecule has 0 heterocycles. The second-order valence-electron chi connectivity index (χ2n) is 4.79. The van der Waals surface area contributed by atoms with Crippen LogP contribution in [0.15, 0.2) is 24.3 Å². The van der Waals surface area contributed by atoms with Gasteiger partial charge in [0.25, 0.3) is 0 Å². The molecule has 0 aliphatic heterocycles. The molecule has 2 atom stereocenters. The lowest BCUT2D eigenvalue weighted by atomic mass is 9.91. The summed E-state index contributed by atoms with van der Waals surface area (Å²) in [7, 11) is 4.26. The lowest BCUT2D eigenvalue weighted by Gasteiger charge is -2.29. The molecule has 1 rings (SSSR count). The SMILES string of the molecule is CCC(C(C)Cc1cccc(O)c1)N(C)C.Cl. The first-order valence-electron chi connectivity index (χ1n) is 5.99. The van der Waals surface area contributed by atoms with Crippen LogP contribution in [-0.4, -0.2) is 30.1 Å². The van der Waals surface area contributed by atoms with Gasteiger partial charge in [0, 0.05) is 6.04 Å². The summed E-state index contributed by atoms with van der Waals surface area (Å²) in [6.07, 6.45) is 2.18. The van der Waals surface area contributed by atoms with Gasteiger partial charge < -0.3 is 10.0 Å². The first-order chi connectivity index (χ1) is 7.54. The second kappa shape index (κ2) is 7.57. The van der Waals surface area contributed by atoms with Crippen molar-refractivity contribution >= 4 is 12.4 Å². The second-order valence-corrected chi connectivity index (χ2v) is 4.79. The number of aromatic hydroxyl groups is 1. The van der Waals surface area contributed by atoms with Crippen molar-refractivity contribution in [1.29, 1.82) is 0 Å². The first-order valence-corrected chi connectivity index (χ1v) is 5.99. The highest BCUT2D eigenvalue weighted by Crippen LogP contribution is 2.20. The molecular formula is C14H24ClNO. The maximum Gasteiger partial charge on any atom is 0.115 e. The quantitative estimate of drug-likeness (QED) is 0.875. The highest BCUT2D eigenvalue weighted by molar-refractivity contribution is 5.85. The summed E-state index contributed by atoms with van der Waals surface area (Å²) in [5.74, 6) is 0.962. The number of phenols is 1. The summed E-state index contributed by atoms with van der Waals surface area (Å²) >= 11 is 0. The molecule has 0 amide bonds. The molecule has 0 radical (unpaired) electrons. The van der Waals surface area contributed by atoms with E-state index in [4.69, 9.17) is 0 Å². The lowest BCUT2D eigenvalue weighted by molar-refractivity contribution is 0.213. The molecular weight excluding hydrogens is 234 g/mol. The zero-order valence-corrected chi connectivity index (χ0v) is 12.0. The Balaban J connectivity index is 0.00000256. The van der Waals surface area contributed by atoms with E-state index >= 15 is 0 Å². The summed E-state index contributed by atoms with van der Waals surface area (Å²) in [4.78, 5) is 2.29. The molecule has 0 spiro atoms. The topological polar surface area (TPSA) is 23.5 Å². The molecule has 0 aliphatic rings. The molecule has 2 unspecified atom stereocenters. The molecule has 0 fully saturated rings. The third-order valence-electron chi connectivity index (χ3n) is 3.21. The van der Waals surface area contributed by atoms with Crippen LogP contribution in [0, 0.1) is 5.92 Å². The number of nitrogens with zero attached hydrogens (tertiary/aromatic N) is 1. The van der Waals surface area contributed by atoms with E-state index in [9.17, 15) is 5.11 Å². The fourth-order valence-corrected chi connectivity index (χ4v) is 2.47. The zero-order chi connectivity index (χ0) is 12.1. The highest BCUT2D eigenvalue weighted by atomic mass is 35.5. The summed E-state index contributed by atoms with van der Waals surface area (Å²) in [5.41, 5.74) is 1.22. The minimum absolute atomic E-state index is 0. The third kappa shape index (κ3) is 4.97. The van der Waals surface area contributed by atoms with Crippen LogP contribution in [0.5, 0.6) is 5.75 Å². The molecule has 3 heteroatoms. The summed E-state index contributed by atoms with van der Waals surface area (Å²) in [6.45, 7) is 4.50. The molecule has 1 aromatic rings. The van der Waals surface area contributed by atoms with Gasteiger partial charge >= 0.3 is 0 Å². The first kappa shape index (κ1) is 16.3. The molecule has 2 nitrogen and oxygen atoms in total. The Morgan fingerprint density at radius 1 is 1.29 bits per heavy atom. The molecule has 1 N–H and O–H groups in total. The average molecular weight is 258 g/mol.